The van der Waals surface area contributed by atoms with E-state index in [9.17, 15) is 17.6 Å². The summed E-state index contributed by atoms with van der Waals surface area (Å²) in [5.41, 5.74) is -2.05. The zero-order chi connectivity index (χ0) is 16.8. The molecule has 0 nitrogen and oxygen atoms in total. The second kappa shape index (κ2) is 6.25. The third kappa shape index (κ3) is 3.13. The van der Waals surface area contributed by atoms with Crippen molar-refractivity contribution < 1.29 is 17.6 Å². The first-order chi connectivity index (χ1) is 10.1. The minimum atomic E-state index is -4.76. The molecule has 118 valence electrons. The van der Waals surface area contributed by atoms with Gasteiger partial charge in [0.2, 0.25) is 0 Å². The first-order valence-electron chi connectivity index (χ1n) is 5.44. The van der Waals surface area contributed by atoms with Crippen molar-refractivity contribution in [2.24, 2.45) is 0 Å². The molecule has 0 spiro atoms. The Labute approximate surface area is 147 Å². The van der Waals surface area contributed by atoms with Crippen molar-refractivity contribution in [3.63, 3.8) is 0 Å². The molecule has 9 heteroatoms. The average Bonchev–Trinajstić information content (AvgIpc) is 2.42. The first kappa shape index (κ1) is 18.0. The molecular weight excluding hydrogens is 409 g/mol. The lowest BCUT2D eigenvalue weighted by molar-refractivity contribution is -0.137. The number of hydrogen-bond donors (Lipinski definition) is 0. The highest BCUT2D eigenvalue weighted by Gasteiger charge is 2.35. The van der Waals surface area contributed by atoms with Crippen LogP contribution in [0.3, 0.4) is 0 Å². The molecular formula is C13H3Cl5F4. The third-order valence-electron chi connectivity index (χ3n) is 2.77. The topological polar surface area (TPSA) is 0 Å². The molecule has 0 amide bonds. The van der Waals surface area contributed by atoms with Gasteiger partial charge in [-0.05, 0) is 23.8 Å². The molecule has 0 bridgehead atoms. The first-order valence-corrected chi connectivity index (χ1v) is 7.33. The summed E-state index contributed by atoms with van der Waals surface area (Å²) in [6.45, 7) is 0. The van der Waals surface area contributed by atoms with E-state index in [2.05, 4.69) is 0 Å². The van der Waals surface area contributed by atoms with Crippen LogP contribution >= 0.6 is 58.0 Å². The Hall–Kier alpha value is -0.390. The van der Waals surface area contributed by atoms with Crippen molar-refractivity contribution >= 4 is 58.0 Å². The smallest absolute Gasteiger partial charge is 0.207 e. The number of rotatable bonds is 1. The Kier molecular flexibility index (Phi) is 5.10. The molecule has 0 aliphatic carbocycles. The lowest BCUT2D eigenvalue weighted by Gasteiger charge is -2.17. The quantitative estimate of drug-likeness (QED) is 0.255. The van der Waals surface area contributed by atoms with Gasteiger partial charge < -0.3 is 0 Å². The molecule has 0 atom stereocenters. The van der Waals surface area contributed by atoms with Gasteiger partial charge in [0, 0.05) is 5.56 Å². The maximum Gasteiger partial charge on any atom is 0.417 e. The lowest BCUT2D eigenvalue weighted by atomic mass is 9.98. The van der Waals surface area contributed by atoms with Crippen LogP contribution in [0.25, 0.3) is 11.1 Å². The van der Waals surface area contributed by atoms with E-state index < -0.39 is 23.1 Å². The van der Waals surface area contributed by atoms with Gasteiger partial charge in [0.05, 0.1) is 30.7 Å². The van der Waals surface area contributed by atoms with Crippen molar-refractivity contribution in [3.8, 4) is 11.1 Å². The lowest BCUT2D eigenvalue weighted by Crippen LogP contribution is -2.08. The van der Waals surface area contributed by atoms with Crippen LogP contribution < -0.4 is 0 Å². The Bertz CT molecular complexity index is 726. The number of halogens is 9. The summed E-state index contributed by atoms with van der Waals surface area (Å²) >= 11 is 29.3. The normalized spacial score (nSPS) is 11.9. The summed E-state index contributed by atoms with van der Waals surface area (Å²) in [6.07, 6.45) is -4.76. The standard InChI is InChI=1S/C13H3Cl5F4/c14-8-7(9(15)11(17)12(18)10(8)16)5-3-4(19)1-2-6(5)13(20,21)22/h1-3H. The van der Waals surface area contributed by atoms with E-state index in [-0.39, 0.29) is 30.7 Å². The third-order valence-corrected chi connectivity index (χ3v) is 5.04. The van der Waals surface area contributed by atoms with Crippen LogP contribution in [-0.4, -0.2) is 0 Å². The zero-order valence-corrected chi connectivity index (χ0v) is 13.9. The summed E-state index contributed by atoms with van der Waals surface area (Å²) < 4.78 is 52.7. The Morgan fingerprint density at radius 3 is 1.64 bits per heavy atom. The molecule has 0 saturated heterocycles. The van der Waals surface area contributed by atoms with Crippen molar-refractivity contribution in [3.05, 3.63) is 54.7 Å². The van der Waals surface area contributed by atoms with Gasteiger partial charge in [0.15, 0.2) is 0 Å². The maximum atomic E-state index is 13.4. The summed E-state index contributed by atoms with van der Waals surface area (Å²) in [7, 11) is 0. The molecule has 0 heterocycles. The van der Waals surface area contributed by atoms with E-state index in [1.165, 1.54) is 0 Å². The fourth-order valence-corrected chi connectivity index (χ4v) is 3.15. The van der Waals surface area contributed by atoms with Crippen LogP contribution in [0, 0.1) is 5.82 Å². The highest BCUT2D eigenvalue weighted by Crippen LogP contribution is 2.50. The number of hydrogen-bond acceptors (Lipinski definition) is 0. The van der Waals surface area contributed by atoms with Crippen LogP contribution in [0.15, 0.2) is 18.2 Å². The average molecular weight is 412 g/mol. The Morgan fingerprint density at radius 2 is 1.18 bits per heavy atom. The van der Waals surface area contributed by atoms with E-state index in [1.807, 2.05) is 0 Å². The summed E-state index contributed by atoms with van der Waals surface area (Å²) in [5, 5.41) is -1.45. The van der Waals surface area contributed by atoms with Crippen LogP contribution in [0.2, 0.25) is 25.1 Å². The SMILES string of the molecule is Fc1ccc(C(F)(F)F)c(-c2c(Cl)c(Cl)c(Cl)c(Cl)c2Cl)c1. The molecule has 0 aromatic heterocycles. The fraction of sp³-hybridized carbons (Fsp3) is 0.0769. The number of benzene rings is 2. The molecule has 0 N–H and O–H groups in total. The molecule has 22 heavy (non-hydrogen) atoms. The molecule has 0 radical (unpaired) electrons. The van der Waals surface area contributed by atoms with Gasteiger partial charge in [-0.2, -0.15) is 13.2 Å². The van der Waals surface area contributed by atoms with Gasteiger partial charge in [-0.3, -0.25) is 0 Å². The van der Waals surface area contributed by atoms with Gasteiger partial charge in [-0.15, -0.1) is 0 Å². The van der Waals surface area contributed by atoms with Crippen molar-refractivity contribution in [1.82, 2.24) is 0 Å². The molecule has 0 fully saturated rings. The van der Waals surface area contributed by atoms with Gasteiger partial charge in [0.25, 0.3) is 0 Å². The second-order valence-corrected chi connectivity index (χ2v) is 6.02. The molecule has 0 saturated carbocycles. The predicted molar refractivity (Wildman–Crippen MR) is 81.9 cm³/mol. The van der Waals surface area contributed by atoms with Crippen LogP contribution in [0.4, 0.5) is 17.6 Å². The van der Waals surface area contributed by atoms with Crippen molar-refractivity contribution in [2.75, 3.05) is 0 Å². The predicted octanol–water partition coefficient (Wildman–Crippen LogP) is 7.78. The molecule has 2 aromatic rings. The van der Waals surface area contributed by atoms with Crippen LogP contribution in [-0.2, 0) is 6.18 Å². The fourth-order valence-electron chi connectivity index (χ4n) is 1.81. The maximum absolute atomic E-state index is 13.4. The molecule has 0 aliphatic rings. The Balaban J connectivity index is 2.92. The van der Waals surface area contributed by atoms with Gasteiger partial charge in [0.1, 0.15) is 5.82 Å². The minimum Gasteiger partial charge on any atom is -0.207 e. The minimum absolute atomic E-state index is 0.202. The van der Waals surface area contributed by atoms with E-state index in [4.69, 9.17) is 58.0 Å². The van der Waals surface area contributed by atoms with E-state index in [0.717, 1.165) is 0 Å². The van der Waals surface area contributed by atoms with Crippen LogP contribution in [0.5, 0.6) is 0 Å². The van der Waals surface area contributed by atoms with Crippen molar-refractivity contribution in [1.29, 1.82) is 0 Å². The van der Waals surface area contributed by atoms with Gasteiger partial charge in [-0.25, -0.2) is 4.39 Å². The summed E-state index contributed by atoms with van der Waals surface area (Å²) in [5.74, 6) is -0.905. The highest BCUT2D eigenvalue weighted by molar-refractivity contribution is 6.56. The van der Waals surface area contributed by atoms with E-state index in [1.54, 1.807) is 0 Å². The van der Waals surface area contributed by atoms with Gasteiger partial charge in [-0.1, -0.05) is 58.0 Å². The van der Waals surface area contributed by atoms with E-state index >= 15 is 0 Å². The zero-order valence-electron chi connectivity index (χ0n) is 10.1. The molecule has 2 rings (SSSR count). The summed E-state index contributed by atoms with van der Waals surface area (Å²) in [4.78, 5) is 0. The van der Waals surface area contributed by atoms with Crippen LogP contribution in [0.1, 0.15) is 5.56 Å². The van der Waals surface area contributed by atoms with Gasteiger partial charge >= 0.3 is 6.18 Å². The monoisotopic (exact) mass is 410 g/mol. The second-order valence-electron chi connectivity index (χ2n) is 4.13. The Morgan fingerprint density at radius 1 is 0.727 bits per heavy atom. The van der Waals surface area contributed by atoms with Crippen molar-refractivity contribution in [2.45, 2.75) is 6.18 Å². The molecule has 0 unspecified atom stereocenters. The largest absolute Gasteiger partial charge is 0.417 e. The molecule has 2 aromatic carbocycles. The highest BCUT2D eigenvalue weighted by atomic mass is 35.5. The van der Waals surface area contributed by atoms with E-state index in [0.29, 0.717) is 18.2 Å². The molecule has 0 aliphatic heterocycles. The number of alkyl halides is 3. The summed E-state index contributed by atoms with van der Waals surface area (Å²) in [6, 6.07) is 1.90.